The number of rotatable bonds is 5. The van der Waals surface area contributed by atoms with Crippen molar-refractivity contribution >= 4 is 0 Å². The van der Waals surface area contributed by atoms with E-state index in [9.17, 15) is 0 Å². The van der Waals surface area contributed by atoms with Crippen molar-refractivity contribution in [3.05, 3.63) is 29.8 Å². The number of ether oxygens (including phenoxy) is 1. The van der Waals surface area contributed by atoms with Crippen LogP contribution in [0.5, 0.6) is 5.75 Å². The minimum Gasteiger partial charge on any atom is -0.491 e. The highest BCUT2D eigenvalue weighted by Gasteiger charge is 2.29. The van der Waals surface area contributed by atoms with Crippen molar-refractivity contribution in [2.45, 2.75) is 70.9 Å². The van der Waals surface area contributed by atoms with Gasteiger partial charge in [-0.3, -0.25) is 0 Å². The quantitative estimate of drug-likeness (QED) is 0.859. The van der Waals surface area contributed by atoms with Crippen LogP contribution in [-0.2, 0) is 0 Å². The first-order valence-electron chi connectivity index (χ1n) is 8.12. The fourth-order valence-corrected chi connectivity index (χ4v) is 3.43. The van der Waals surface area contributed by atoms with Gasteiger partial charge in [0.2, 0.25) is 0 Å². The van der Waals surface area contributed by atoms with E-state index < -0.39 is 0 Å². The van der Waals surface area contributed by atoms with Crippen molar-refractivity contribution in [2.24, 2.45) is 11.7 Å². The molecule has 112 valence electrons. The Morgan fingerprint density at radius 1 is 1.30 bits per heavy atom. The average molecular weight is 275 g/mol. The Morgan fingerprint density at radius 3 is 2.80 bits per heavy atom. The van der Waals surface area contributed by atoms with Crippen molar-refractivity contribution in [2.75, 3.05) is 0 Å². The van der Waals surface area contributed by atoms with Gasteiger partial charge in [0.05, 0.1) is 6.10 Å². The van der Waals surface area contributed by atoms with Gasteiger partial charge in [-0.2, -0.15) is 0 Å². The Morgan fingerprint density at radius 2 is 2.10 bits per heavy atom. The van der Waals surface area contributed by atoms with Gasteiger partial charge in [0.15, 0.2) is 0 Å². The third-order valence-corrected chi connectivity index (χ3v) is 4.37. The van der Waals surface area contributed by atoms with Crippen LogP contribution < -0.4 is 10.5 Å². The first-order chi connectivity index (χ1) is 9.60. The van der Waals surface area contributed by atoms with Gasteiger partial charge in [-0.15, -0.1) is 0 Å². The largest absolute Gasteiger partial charge is 0.491 e. The maximum atomic E-state index is 6.38. The third-order valence-electron chi connectivity index (χ3n) is 4.37. The van der Waals surface area contributed by atoms with Gasteiger partial charge < -0.3 is 10.5 Å². The predicted molar refractivity (Wildman–Crippen MR) is 85.2 cm³/mol. The average Bonchev–Trinajstić information content (AvgIpc) is 2.41. The highest BCUT2D eigenvalue weighted by atomic mass is 16.5. The summed E-state index contributed by atoms with van der Waals surface area (Å²) in [6.45, 7) is 6.41. The van der Waals surface area contributed by atoms with Crippen LogP contribution >= 0.6 is 0 Å². The lowest BCUT2D eigenvalue weighted by Crippen LogP contribution is -2.34. The van der Waals surface area contributed by atoms with Gasteiger partial charge in [0, 0.05) is 6.04 Å². The highest BCUT2D eigenvalue weighted by molar-refractivity contribution is 5.32. The molecule has 1 aliphatic carbocycles. The molecule has 1 aromatic carbocycles. The summed E-state index contributed by atoms with van der Waals surface area (Å²) in [6, 6.07) is 8.85. The summed E-state index contributed by atoms with van der Waals surface area (Å²) in [5.41, 5.74) is 7.74. The smallest absolute Gasteiger partial charge is 0.119 e. The minimum absolute atomic E-state index is 0.220. The van der Waals surface area contributed by atoms with Crippen molar-refractivity contribution in [3.63, 3.8) is 0 Å². The summed E-state index contributed by atoms with van der Waals surface area (Å²) in [7, 11) is 0. The molecule has 2 rings (SSSR count). The SMILES string of the molecule is CCCC1CCC(N)C(c2cccc(OC(C)C)c2)C1. The Balaban J connectivity index is 2.11. The monoisotopic (exact) mass is 275 g/mol. The van der Waals surface area contributed by atoms with E-state index in [1.165, 1.54) is 31.2 Å². The summed E-state index contributed by atoms with van der Waals surface area (Å²) in [6.07, 6.45) is 6.53. The summed E-state index contributed by atoms with van der Waals surface area (Å²) >= 11 is 0. The zero-order valence-corrected chi connectivity index (χ0v) is 13.1. The molecule has 3 unspecified atom stereocenters. The van der Waals surface area contributed by atoms with E-state index in [0.29, 0.717) is 12.0 Å². The van der Waals surface area contributed by atoms with Crippen molar-refractivity contribution in [1.29, 1.82) is 0 Å². The molecule has 2 heteroatoms. The lowest BCUT2D eigenvalue weighted by atomic mass is 9.74. The van der Waals surface area contributed by atoms with Gasteiger partial charge in [-0.05, 0) is 62.6 Å². The molecule has 1 fully saturated rings. The second-order valence-corrected chi connectivity index (χ2v) is 6.48. The van der Waals surface area contributed by atoms with Crippen LogP contribution in [0.3, 0.4) is 0 Å². The molecule has 0 heterocycles. The lowest BCUT2D eigenvalue weighted by molar-refractivity contribution is 0.240. The van der Waals surface area contributed by atoms with E-state index in [1.54, 1.807) is 0 Å². The van der Waals surface area contributed by atoms with Crippen LogP contribution in [0.15, 0.2) is 24.3 Å². The Kier molecular flexibility index (Phi) is 5.47. The number of benzene rings is 1. The van der Waals surface area contributed by atoms with Crippen LogP contribution in [0.1, 0.15) is 64.4 Å². The summed E-state index contributed by atoms with van der Waals surface area (Å²) in [4.78, 5) is 0. The molecule has 0 aromatic heterocycles. The minimum atomic E-state index is 0.220. The van der Waals surface area contributed by atoms with Crippen molar-refractivity contribution in [3.8, 4) is 5.75 Å². The standard InChI is InChI=1S/C18H29NO/c1-4-6-14-9-10-18(19)17(11-14)15-7-5-8-16(12-15)20-13(2)3/h5,7-8,12-14,17-18H,4,6,9-11,19H2,1-3H3. The maximum absolute atomic E-state index is 6.38. The van der Waals surface area contributed by atoms with E-state index in [2.05, 4.69) is 39.0 Å². The van der Waals surface area contributed by atoms with Gasteiger partial charge >= 0.3 is 0 Å². The fourth-order valence-electron chi connectivity index (χ4n) is 3.43. The molecule has 0 aliphatic heterocycles. The maximum Gasteiger partial charge on any atom is 0.119 e. The molecule has 1 aromatic rings. The van der Waals surface area contributed by atoms with Crippen molar-refractivity contribution < 1.29 is 4.74 Å². The molecule has 1 aliphatic rings. The van der Waals surface area contributed by atoms with E-state index in [0.717, 1.165) is 18.1 Å². The molecular weight excluding hydrogens is 246 g/mol. The van der Waals surface area contributed by atoms with Gasteiger partial charge in [-0.1, -0.05) is 31.9 Å². The van der Waals surface area contributed by atoms with Gasteiger partial charge in [0.25, 0.3) is 0 Å². The highest BCUT2D eigenvalue weighted by Crippen LogP contribution is 2.38. The fraction of sp³-hybridized carbons (Fsp3) is 0.667. The first-order valence-corrected chi connectivity index (χ1v) is 8.12. The molecule has 3 atom stereocenters. The molecule has 0 radical (unpaired) electrons. The second-order valence-electron chi connectivity index (χ2n) is 6.48. The van der Waals surface area contributed by atoms with Crippen LogP contribution in [0, 0.1) is 5.92 Å². The molecule has 1 saturated carbocycles. The van der Waals surface area contributed by atoms with Gasteiger partial charge in [0.1, 0.15) is 5.75 Å². The van der Waals surface area contributed by atoms with E-state index in [4.69, 9.17) is 10.5 Å². The Hall–Kier alpha value is -1.02. The van der Waals surface area contributed by atoms with Crippen LogP contribution in [-0.4, -0.2) is 12.1 Å². The predicted octanol–water partition coefficient (Wildman–Crippen LogP) is 4.48. The molecular formula is C18H29NO. The van der Waals surface area contributed by atoms with E-state index >= 15 is 0 Å². The number of nitrogens with two attached hydrogens (primary N) is 1. The zero-order chi connectivity index (χ0) is 14.5. The summed E-state index contributed by atoms with van der Waals surface area (Å²) in [5, 5.41) is 0. The zero-order valence-electron chi connectivity index (χ0n) is 13.1. The van der Waals surface area contributed by atoms with Crippen molar-refractivity contribution in [1.82, 2.24) is 0 Å². The molecule has 0 spiro atoms. The molecule has 0 amide bonds. The van der Waals surface area contributed by atoms with E-state index in [1.807, 2.05) is 6.07 Å². The van der Waals surface area contributed by atoms with E-state index in [-0.39, 0.29) is 6.10 Å². The second kappa shape index (κ2) is 7.12. The third kappa shape index (κ3) is 3.99. The molecule has 20 heavy (non-hydrogen) atoms. The van der Waals surface area contributed by atoms with Crippen LogP contribution in [0.25, 0.3) is 0 Å². The molecule has 2 nitrogen and oxygen atoms in total. The summed E-state index contributed by atoms with van der Waals surface area (Å²) in [5.74, 6) is 2.32. The number of hydrogen-bond acceptors (Lipinski definition) is 2. The topological polar surface area (TPSA) is 35.2 Å². The summed E-state index contributed by atoms with van der Waals surface area (Å²) < 4.78 is 5.81. The first kappa shape index (κ1) is 15.4. The van der Waals surface area contributed by atoms with Crippen LogP contribution in [0.2, 0.25) is 0 Å². The number of hydrogen-bond donors (Lipinski definition) is 1. The molecule has 0 saturated heterocycles. The Bertz CT molecular complexity index is 416. The van der Waals surface area contributed by atoms with Gasteiger partial charge in [-0.25, -0.2) is 0 Å². The Labute approximate surface area is 123 Å². The lowest BCUT2D eigenvalue weighted by Gasteiger charge is -2.34. The normalized spacial score (nSPS) is 26.8. The van der Waals surface area contributed by atoms with Crippen LogP contribution in [0.4, 0.5) is 0 Å². The molecule has 0 bridgehead atoms. The molecule has 2 N–H and O–H groups in total.